The van der Waals surface area contributed by atoms with Crippen LogP contribution in [0.5, 0.6) is 0 Å². The van der Waals surface area contributed by atoms with Crippen molar-refractivity contribution in [2.24, 2.45) is 0 Å². The van der Waals surface area contributed by atoms with E-state index in [0.29, 0.717) is 5.02 Å². The molecule has 77 valence electrons. The average Bonchev–Trinajstić information content (AvgIpc) is 2.72. The first-order chi connectivity index (χ1) is 7.83. The summed E-state index contributed by atoms with van der Waals surface area (Å²) in [4.78, 5) is 4.57. The van der Waals surface area contributed by atoms with Gasteiger partial charge in [0.25, 0.3) is 0 Å². The number of rotatable bonds is 1. The van der Waals surface area contributed by atoms with Gasteiger partial charge in [-0.3, -0.25) is 0 Å². The van der Waals surface area contributed by atoms with Crippen LogP contribution >= 0.6 is 22.9 Å². The molecule has 0 aliphatic rings. The highest BCUT2D eigenvalue weighted by atomic mass is 35.5. The molecule has 1 radical (unpaired) electrons. The number of hydrogen-bond donors (Lipinski definition) is 0. The van der Waals surface area contributed by atoms with Crippen LogP contribution in [0.4, 0.5) is 0 Å². The van der Waals surface area contributed by atoms with Crippen LogP contribution in [-0.4, -0.2) is 4.98 Å². The maximum atomic E-state index is 5.91. The minimum Gasteiger partial charge on any atom is -0.236 e. The van der Waals surface area contributed by atoms with Crippen molar-refractivity contribution in [3.63, 3.8) is 0 Å². The van der Waals surface area contributed by atoms with E-state index in [9.17, 15) is 0 Å². The molecule has 0 aliphatic carbocycles. The molecule has 0 fully saturated rings. The van der Waals surface area contributed by atoms with Crippen molar-refractivity contribution in [2.75, 3.05) is 0 Å². The molecule has 1 heterocycles. The molecule has 0 saturated carbocycles. The summed E-state index contributed by atoms with van der Waals surface area (Å²) in [6.07, 6.45) is 0. The van der Waals surface area contributed by atoms with Gasteiger partial charge < -0.3 is 0 Å². The molecule has 0 spiro atoms. The molecule has 0 saturated heterocycles. The van der Waals surface area contributed by atoms with E-state index in [1.165, 1.54) is 4.70 Å². The molecule has 1 nitrogen and oxygen atoms in total. The average molecular weight is 245 g/mol. The highest BCUT2D eigenvalue weighted by Crippen LogP contribution is 2.30. The minimum absolute atomic E-state index is 0.622. The topological polar surface area (TPSA) is 12.9 Å². The third-order valence-electron chi connectivity index (χ3n) is 2.31. The molecule has 0 bridgehead atoms. The maximum absolute atomic E-state index is 5.91. The molecule has 0 atom stereocenters. The highest BCUT2D eigenvalue weighted by Gasteiger charge is 2.05. The first-order valence-corrected chi connectivity index (χ1v) is 6.05. The van der Waals surface area contributed by atoms with Crippen LogP contribution in [0, 0.1) is 6.07 Å². The molecule has 0 N–H and O–H groups in total. The lowest BCUT2D eigenvalue weighted by molar-refractivity contribution is 1.48. The number of benzene rings is 2. The Morgan fingerprint density at radius 1 is 1.19 bits per heavy atom. The Morgan fingerprint density at radius 3 is 2.88 bits per heavy atom. The van der Waals surface area contributed by atoms with Crippen LogP contribution in [-0.2, 0) is 0 Å². The fourth-order valence-electron chi connectivity index (χ4n) is 1.57. The SMILES string of the molecule is Clc1[c]ccc(-c2nc3ccccc3s2)c1. The predicted molar refractivity (Wildman–Crippen MR) is 68.9 cm³/mol. The van der Waals surface area contributed by atoms with Crippen molar-refractivity contribution in [2.45, 2.75) is 0 Å². The van der Waals surface area contributed by atoms with Crippen LogP contribution in [0.25, 0.3) is 20.8 Å². The molecule has 0 aliphatic heterocycles. The summed E-state index contributed by atoms with van der Waals surface area (Å²) in [7, 11) is 0. The fraction of sp³-hybridized carbons (Fsp3) is 0. The Labute approximate surface area is 102 Å². The molecule has 0 unspecified atom stereocenters. The molecule has 3 heteroatoms. The van der Waals surface area contributed by atoms with E-state index >= 15 is 0 Å². The summed E-state index contributed by atoms with van der Waals surface area (Å²) >= 11 is 7.59. The second kappa shape index (κ2) is 3.89. The number of fused-ring (bicyclic) bond motifs is 1. The zero-order chi connectivity index (χ0) is 11.0. The van der Waals surface area contributed by atoms with Gasteiger partial charge >= 0.3 is 0 Å². The summed E-state index contributed by atoms with van der Waals surface area (Å²) in [6.45, 7) is 0. The molecule has 0 amide bonds. The smallest absolute Gasteiger partial charge is 0.124 e. The molecule has 3 rings (SSSR count). The van der Waals surface area contributed by atoms with E-state index in [0.717, 1.165) is 16.1 Å². The third-order valence-corrected chi connectivity index (χ3v) is 3.61. The van der Waals surface area contributed by atoms with Crippen molar-refractivity contribution in [1.82, 2.24) is 4.98 Å². The lowest BCUT2D eigenvalue weighted by Crippen LogP contribution is -1.75. The second-order valence-electron chi connectivity index (χ2n) is 3.41. The molecule has 16 heavy (non-hydrogen) atoms. The number of para-hydroxylation sites is 1. The van der Waals surface area contributed by atoms with Crippen LogP contribution in [0.3, 0.4) is 0 Å². The van der Waals surface area contributed by atoms with Gasteiger partial charge in [-0.05, 0) is 18.2 Å². The normalized spacial score (nSPS) is 10.8. The highest BCUT2D eigenvalue weighted by molar-refractivity contribution is 7.21. The largest absolute Gasteiger partial charge is 0.236 e. The Hall–Kier alpha value is -1.38. The first kappa shape index (κ1) is 9.82. The summed E-state index contributed by atoms with van der Waals surface area (Å²) in [6, 6.07) is 16.7. The van der Waals surface area contributed by atoms with Crippen LogP contribution in [0.2, 0.25) is 5.02 Å². The van der Waals surface area contributed by atoms with Gasteiger partial charge in [-0.25, -0.2) is 4.98 Å². The van der Waals surface area contributed by atoms with Gasteiger partial charge in [0, 0.05) is 16.7 Å². The van der Waals surface area contributed by atoms with Crippen molar-refractivity contribution in [3.8, 4) is 10.6 Å². The molecular weight excluding hydrogens is 238 g/mol. The van der Waals surface area contributed by atoms with Gasteiger partial charge in [-0.15, -0.1) is 11.3 Å². The van der Waals surface area contributed by atoms with E-state index < -0.39 is 0 Å². The molecule has 3 aromatic rings. The number of aromatic nitrogens is 1. The van der Waals surface area contributed by atoms with Crippen molar-refractivity contribution >= 4 is 33.2 Å². The van der Waals surface area contributed by atoms with Crippen molar-refractivity contribution < 1.29 is 0 Å². The zero-order valence-corrected chi connectivity index (χ0v) is 9.85. The van der Waals surface area contributed by atoms with Gasteiger partial charge in [0.15, 0.2) is 0 Å². The van der Waals surface area contributed by atoms with Gasteiger partial charge in [-0.2, -0.15) is 0 Å². The number of nitrogens with zero attached hydrogens (tertiary/aromatic N) is 1. The Morgan fingerprint density at radius 2 is 2.06 bits per heavy atom. The lowest BCUT2D eigenvalue weighted by Gasteiger charge is -1.94. The van der Waals surface area contributed by atoms with Gasteiger partial charge in [-0.1, -0.05) is 35.9 Å². The molecular formula is C13H7ClNS. The van der Waals surface area contributed by atoms with Gasteiger partial charge in [0.1, 0.15) is 5.01 Å². The van der Waals surface area contributed by atoms with Crippen LogP contribution in [0.15, 0.2) is 42.5 Å². The quantitative estimate of drug-likeness (QED) is 0.618. The van der Waals surface area contributed by atoms with E-state index in [-0.39, 0.29) is 0 Å². The van der Waals surface area contributed by atoms with E-state index in [4.69, 9.17) is 11.6 Å². The number of hydrogen-bond acceptors (Lipinski definition) is 2. The first-order valence-electron chi connectivity index (χ1n) is 4.86. The number of halogens is 1. The summed E-state index contributed by atoms with van der Waals surface area (Å²) in [5, 5.41) is 1.62. The summed E-state index contributed by atoms with van der Waals surface area (Å²) < 4.78 is 1.20. The predicted octanol–water partition coefficient (Wildman–Crippen LogP) is 4.42. The van der Waals surface area contributed by atoms with Crippen molar-refractivity contribution in [1.29, 1.82) is 0 Å². The van der Waals surface area contributed by atoms with Crippen LogP contribution < -0.4 is 0 Å². The second-order valence-corrected chi connectivity index (χ2v) is 4.85. The lowest BCUT2D eigenvalue weighted by atomic mass is 10.2. The monoisotopic (exact) mass is 244 g/mol. The Balaban J connectivity index is 2.19. The van der Waals surface area contributed by atoms with E-state index in [1.54, 1.807) is 11.3 Å². The van der Waals surface area contributed by atoms with Crippen LogP contribution in [0.1, 0.15) is 0 Å². The summed E-state index contributed by atoms with van der Waals surface area (Å²) in [5.74, 6) is 0. The van der Waals surface area contributed by atoms with Crippen molar-refractivity contribution in [3.05, 3.63) is 53.6 Å². The zero-order valence-electron chi connectivity index (χ0n) is 8.27. The molecule has 2 aromatic carbocycles. The third kappa shape index (κ3) is 1.70. The standard InChI is InChI=1S/C13H7ClNS/c14-10-5-3-4-9(8-10)13-15-11-6-1-2-7-12(11)16-13/h1-4,6-8H. The minimum atomic E-state index is 0.622. The van der Waals surface area contributed by atoms with Gasteiger partial charge in [0.2, 0.25) is 0 Å². The summed E-state index contributed by atoms with van der Waals surface area (Å²) in [5.41, 5.74) is 2.08. The molecule has 1 aromatic heterocycles. The Kier molecular flexibility index (Phi) is 2.39. The fourth-order valence-corrected chi connectivity index (χ4v) is 2.71. The maximum Gasteiger partial charge on any atom is 0.124 e. The Bertz CT molecular complexity index is 612. The number of thiazole rings is 1. The van der Waals surface area contributed by atoms with Gasteiger partial charge in [0.05, 0.1) is 10.2 Å². The van der Waals surface area contributed by atoms with E-state index in [2.05, 4.69) is 17.1 Å². The van der Waals surface area contributed by atoms with E-state index in [1.807, 2.05) is 36.4 Å².